The third kappa shape index (κ3) is 8.84. The molecule has 37 heavy (non-hydrogen) atoms. The molecule has 0 saturated carbocycles. The average molecular weight is 534 g/mol. The summed E-state index contributed by atoms with van der Waals surface area (Å²) >= 11 is 0. The summed E-state index contributed by atoms with van der Waals surface area (Å²) in [6.45, 7) is 9.76. The number of aryl methyl sites for hydroxylation is 2. The van der Waals surface area contributed by atoms with Crippen LogP contribution in [-0.4, -0.2) is 50.0 Å². The van der Waals surface area contributed by atoms with E-state index in [9.17, 15) is 22.4 Å². The Labute approximate surface area is 221 Å². The predicted molar refractivity (Wildman–Crippen MR) is 146 cm³/mol. The summed E-state index contributed by atoms with van der Waals surface area (Å²) in [4.78, 5) is 28.0. The molecule has 0 fully saturated rings. The zero-order valence-corrected chi connectivity index (χ0v) is 23.6. The molecule has 204 valence electrons. The van der Waals surface area contributed by atoms with Gasteiger partial charge in [0.15, 0.2) is 0 Å². The fraction of sp³-hybridized carbons (Fsp3) is 0.500. The smallest absolute Gasteiger partial charge is 0.243 e. The standard InChI is InChI=1S/C28H40FN3O4S/c1-7-22(5)30-28(34)25(8-2)31(19-23-13-15-24(29)16-14-23)27(33)10-9-17-32(37(6,35)36)26-18-20(3)11-12-21(26)4/h11-16,18,22,25H,7-10,17,19H2,1-6H3,(H,30,34). The van der Waals surface area contributed by atoms with Gasteiger partial charge in [0.1, 0.15) is 11.9 Å². The quantitative estimate of drug-likeness (QED) is 0.404. The number of nitrogens with zero attached hydrogens (tertiary/aromatic N) is 2. The summed E-state index contributed by atoms with van der Waals surface area (Å²) in [5.74, 6) is -0.874. The van der Waals surface area contributed by atoms with Crippen molar-refractivity contribution in [2.75, 3.05) is 17.1 Å². The molecule has 2 aromatic rings. The first-order chi connectivity index (χ1) is 17.4. The number of halogens is 1. The lowest BCUT2D eigenvalue weighted by atomic mass is 10.1. The maximum atomic E-state index is 13.5. The van der Waals surface area contributed by atoms with E-state index >= 15 is 0 Å². The van der Waals surface area contributed by atoms with Gasteiger partial charge in [-0.05, 0) is 74.9 Å². The molecule has 0 radical (unpaired) electrons. The number of amides is 2. The SMILES string of the molecule is CCC(C)NC(=O)C(CC)N(Cc1ccc(F)cc1)C(=O)CCCN(c1cc(C)ccc1C)S(C)(=O)=O. The molecule has 0 bridgehead atoms. The number of carbonyl (C=O) groups excluding carboxylic acids is 2. The molecular formula is C28H40FN3O4S. The van der Waals surface area contributed by atoms with E-state index in [0.717, 1.165) is 23.8 Å². The molecule has 2 atom stereocenters. The van der Waals surface area contributed by atoms with E-state index in [4.69, 9.17) is 0 Å². The van der Waals surface area contributed by atoms with Crippen LogP contribution in [0.3, 0.4) is 0 Å². The van der Waals surface area contributed by atoms with Gasteiger partial charge < -0.3 is 10.2 Å². The fourth-order valence-corrected chi connectivity index (χ4v) is 5.13. The topological polar surface area (TPSA) is 86.8 Å². The van der Waals surface area contributed by atoms with Crippen molar-refractivity contribution < 1.29 is 22.4 Å². The van der Waals surface area contributed by atoms with Crippen LogP contribution in [0.15, 0.2) is 42.5 Å². The second-order valence-corrected chi connectivity index (χ2v) is 11.5. The second kappa shape index (κ2) is 13.6. The number of carbonyl (C=O) groups is 2. The second-order valence-electron chi connectivity index (χ2n) is 9.62. The normalized spacial score (nSPS) is 13.1. The first-order valence-corrected chi connectivity index (χ1v) is 14.6. The molecule has 0 saturated heterocycles. The van der Waals surface area contributed by atoms with Gasteiger partial charge in [0.25, 0.3) is 0 Å². The van der Waals surface area contributed by atoms with E-state index in [1.165, 1.54) is 21.3 Å². The first kappa shape index (κ1) is 30.3. The van der Waals surface area contributed by atoms with E-state index in [1.807, 2.05) is 52.8 Å². The van der Waals surface area contributed by atoms with E-state index in [0.29, 0.717) is 17.7 Å². The molecule has 0 spiro atoms. The van der Waals surface area contributed by atoms with Gasteiger partial charge in [-0.1, -0.05) is 38.1 Å². The van der Waals surface area contributed by atoms with Gasteiger partial charge in [-0.25, -0.2) is 12.8 Å². The van der Waals surface area contributed by atoms with Crippen molar-refractivity contribution in [1.29, 1.82) is 0 Å². The van der Waals surface area contributed by atoms with Crippen molar-refractivity contribution in [2.45, 2.75) is 78.9 Å². The third-order valence-corrected chi connectivity index (χ3v) is 7.62. The van der Waals surface area contributed by atoms with Gasteiger partial charge in [0, 0.05) is 25.6 Å². The minimum atomic E-state index is -3.57. The van der Waals surface area contributed by atoms with Gasteiger partial charge in [0.2, 0.25) is 21.8 Å². The van der Waals surface area contributed by atoms with Crippen LogP contribution < -0.4 is 9.62 Å². The highest BCUT2D eigenvalue weighted by molar-refractivity contribution is 7.92. The number of hydrogen-bond donors (Lipinski definition) is 1. The minimum Gasteiger partial charge on any atom is -0.352 e. The predicted octanol–water partition coefficient (Wildman–Crippen LogP) is 4.71. The average Bonchev–Trinajstić information content (AvgIpc) is 2.83. The lowest BCUT2D eigenvalue weighted by molar-refractivity contribution is -0.141. The molecule has 2 amide bonds. The molecule has 0 aliphatic rings. The molecule has 0 aromatic heterocycles. The van der Waals surface area contributed by atoms with Gasteiger partial charge in [-0.3, -0.25) is 13.9 Å². The summed E-state index contributed by atoms with van der Waals surface area (Å²) in [6, 6.07) is 10.7. The number of anilines is 1. The summed E-state index contributed by atoms with van der Waals surface area (Å²) in [5, 5.41) is 2.96. The molecule has 2 aromatic carbocycles. The van der Waals surface area contributed by atoms with Crippen LogP contribution in [0.4, 0.5) is 10.1 Å². The van der Waals surface area contributed by atoms with Crippen LogP contribution in [0.1, 0.15) is 63.1 Å². The number of hydrogen-bond acceptors (Lipinski definition) is 4. The Balaban J connectivity index is 2.25. The first-order valence-electron chi connectivity index (χ1n) is 12.8. The fourth-order valence-electron chi connectivity index (χ4n) is 4.12. The zero-order valence-electron chi connectivity index (χ0n) is 22.8. The number of benzene rings is 2. The monoisotopic (exact) mass is 533 g/mol. The number of nitrogens with one attached hydrogen (secondary N) is 1. The molecule has 2 rings (SSSR count). The summed E-state index contributed by atoms with van der Waals surface area (Å²) in [6.07, 6.45) is 2.67. The highest BCUT2D eigenvalue weighted by Crippen LogP contribution is 2.25. The molecular weight excluding hydrogens is 493 g/mol. The molecule has 0 heterocycles. The van der Waals surface area contributed by atoms with Crippen molar-refractivity contribution in [2.24, 2.45) is 0 Å². The van der Waals surface area contributed by atoms with Crippen LogP contribution >= 0.6 is 0 Å². The van der Waals surface area contributed by atoms with Gasteiger partial charge in [-0.15, -0.1) is 0 Å². The lowest BCUT2D eigenvalue weighted by Crippen LogP contribution is -2.50. The largest absolute Gasteiger partial charge is 0.352 e. The Morgan fingerprint density at radius 1 is 1.03 bits per heavy atom. The summed E-state index contributed by atoms with van der Waals surface area (Å²) in [5.41, 5.74) is 3.07. The van der Waals surface area contributed by atoms with E-state index < -0.39 is 16.1 Å². The van der Waals surface area contributed by atoms with Crippen molar-refractivity contribution in [3.63, 3.8) is 0 Å². The Hall–Kier alpha value is -2.94. The van der Waals surface area contributed by atoms with Crippen molar-refractivity contribution in [1.82, 2.24) is 10.2 Å². The lowest BCUT2D eigenvalue weighted by Gasteiger charge is -2.32. The van der Waals surface area contributed by atoms with E-state index in [2.05, 4.69) is 5.32 Å². The molecule has 7 nitrogen and oxygen atoms in total. The highest BCUT2D eigenvalue weighted by Gasteiger charge is 2.29. The van der Waals surface area contributed by atoms with Crippen molar-refractivity contribution in [3.05, 3.63) is 65.0 Å². The third-order valence-electron chi connectivity index (χ3n) is 6.44. The summed E-state index contributed by atoms with van der Waals surface area (Å²) in [7, 11) is -3.57. The number of rotatable bonds is 13. The maximum Gasteiger partial charge on any atom is 0.243 e. The van der Waals surface area contributed by atoms with Crippen molar-refractivity contribution >= 4 is 27.5 Å². The van der Waals surface area contributed by atoms with Gasteiger partial charge in [0.05, 0.1) is 11.9 Å². The van der Waals surface area contributed by atoms with Crippen LogP contribution in [-0.2, 0) is 26.2 Å². The molecule has 0 aliphatic carbocycles. The Morgan fingerprint density at radius 3 is 2.24 bits per heavy atom. The zero-order chi connectivity index (χ0) is 27.8. The van der Waals surface area contributed by atoms with E-state index in [-0.39, 0.29) is 49.6 Å². The maximum absolute atomic E-state index is 13.5. The van der Waals surface area contributed by atoms with Crippen LogP contribution in [0.5, 0.6) is 0 Å². The van der Waals surface area contributed by atoms with E-state index in [1.54, 1.807) is 12.1 Å². The minimum absolute atomic E-state index is 0.0368. The molecule has 0 aliphatic heterocycles. The Kier molecular flexibility index (Phi) is 11.1. The molecule has 1 N–H and O–H groups in total. The van der Waals surface area contributed by atoms with Gasteiger partial charge >= 0.3 is 0 Å². The Morgan fingerprint density at radius 2 is 1.68 bits per heavy atom. The molecule has 2 unspecified atom stereocenters. The molecule has 9 heteroatoms. The highest BCUT2D eigenvalue weighted by atomic mass is 32.2. The number of sulfonamides is 1. The van der Waals surface area contributed by atoms with Crippen LogP contribution in [0, 0.1) is 19.7 Å². The van der Waals surface area contributed by atoms with Crippen LogP contribution in [0.2, 0.25) is 0 Å². The van der Waals surface area contributed by atoms with Crippen molar-refractivity contribution in [3.8, 4) is 0 Å². The Bertz CT molecular complexity index is 1170. The van der Waals surface area contributed by atoms with Crippen LogP contribution in [0.25, 0.3) is 0 Å². The van der Waals surface area contributed by atoms with Gasteiger partial charge in [-0.2, -0.15) is 0 Å². The summed E-state index contributed by atoms with van der Waals surface area (Å²) < 4.78 is 40.0.